The highest BCUT2D eigenvalue weighted by Gasteiger charge is 2.12. The molecule has 0 N–H and O–H groups in total. The first-order valence-corrected chi connectivity index (χ1v) is 5.79. The Kier molecular flexibility index (Phi) is 5.32. The summed E-state index contributed by atoms with van der Waals surface area (Å²) >= 11 is 4.21. The van der Waals surface area contributed by atoms with Gasteiger partial charge in [0.05, 0.1) is 21.3 Å². The van der Waals surface area contributed by atoms with Crippen LogP contribution in [0.5, 0.6) is 17.2 Å². The minimum absolute atomic E-state index is 0.739. The molecule has 0 fully saturated rings. The molecule has 0 saturated carbocycles. The number of ether oxygens (including phenoxy) is 3. The lowest BCUT2D eigenvalue weighted by molar-refractivity contribution is 0.368. The highest BCUT2D eigenvalue weighted by atomic mass is 32.1. The molecule has 0 aliphatic heterocycles. The Hall–Kier alpha value is -1.03. The summed E-state index contributed by atoms with van der Waals surface area (Å²) < 4.78 is 15.9. The number of methoxy groups -OCH3 is 3. The fourth-order valence-corrected chi connectivity index (χ4v) is 1.74. The van der Waals surface area contributed by atoms with Crippen LogP contribution in [0.1, 0.15) is 12.0 Å². The van der Waals surface area contributed by atoms with Crippen LogP contribution in [-0.2, 0) is 6.42 Å². The van der Waals surface area contributed by atoms with Gasteiger partial charge in [-0.25, -0.2) is 0 Å². The van der Waals surface area contributed by atoms with Gasteiger partial charge in [0.15, 0.2) is 0 Å². The zero-order chi connectivity index (χ0) is 12.0. The van der Waals surface area contributed by atoms with Crippen molar-refractivity contribution in [1.82, 2.24) is 0 Å². The topological polar surface area (TPSA) is 27.7 Å². The Labute approximate surface area is 102 Å². The maximum Gasteiger partial charge on any atom is 0.129 e. The highest BCUT2D eigenvalue weighted by molar-refractivity contribution is 7.80. The second-order valence-electron chi connectivity index (χ2n) is 3.34. The summed E-state index contributed by atoms with van der Waals surface area (Å²) in [5, 5.41) is 0. The van der Waals surface area contributed by atoms with Crippen LogP contribution in [0.4, 0.5) is 0 Å². The Morgan fingerprint density at radius 2 is 1.56 bits per heavy atom. The van der Waals surface area contributed by atoms with Gasteiger partial charge in [0.25, 0.3) is 0 Å². The Balaban J connectivity index is 3.09. The first kappa shape index (κ1) is 13.0. The van der Waals surface area contributed by atoms with Gasteiger partial charge in [-0.1, -0.05) is 0 Å². The Bertz CT molecular complexity index is 314. The molecule has 1 aromatic rings. The predicted molar refractivity (Wildman–Crippen MR) is 68.3 cm³/mol. The van der Waals surface area contributed by atoms with E-state index >= 15 is 0 Å². The zero-order valence-corrected chi connectivity index (χ0v) is 10.8. The van der Waals surface area contributed by atoms with Gasteiger partial charge >= 0.3 is 0 Å². The molecular formula is C12H18O3S. The molecule has 1 rings (SSSR count). The molecule has 0 heterocycles. The van der Waals surface area contributed by atoms with Gasteiger partial charge in [-0.05, 0) is 18.6 Å². The van der Waals surface area contributed by atoms with Crippen molar-refractivity contribution in [2.24, 2.45) is 0 Å². The lowest BCUT2D eigenvalue weighted by Crippen LogP contribution is -1.99. The number of thiol groups is 1. The predicted octanol–water partition coefficient (Wildman–Crippen LogP) is 2.57. The summed E-state index contributed by atoms with van der Waals surface area (Å²) in [4.78, 5) is 0. The van der Waals surface area contributed by atoms with Crippen molar-refractivity contribution in [1.29, 1.82) is 0 Å². The maximum absolute atomic E-state index is 5.34. The standard InChI is InChI=1S/C12H18O3S/c1-13-9-7-11(14-2)10(5-4-6-16)12(8-9)15-3/h7-8,16H,4-6H2,1-3H3. The zero-order valence-electron chi connectivity index (χ0n) is 9.95. The molecule has 0 saturated heterocycles. The van der Waals surface area contributed by atoms with E-state index in [-0.39, 0.29) is 0 Å². The molecule has 0 aliphatic carbocycles. The monoisotopic (exact) mass is 242 g/mol. The van der Waals surface area contributed by atoms with Crippen LogP contribution in [0.25, 0.3) is 0 Å². The van der Waals surface area contributed by atoms with Gasteiger partial charge in [0.2, 0.25) is 0 Å². The minimum Gasteiger partial charge on any atom is -0.496 e. The summed E-state index contributed by atoms with van der Waals surface area (Å²) in [7, 11) is 4.93. The van der Waals surface area contributed by atoms with E-state index in [0.29, 0.717) is 0 Å². The van der Waals surface area contributed by atoms with Gasteiger partial charge in [-0.3, -0.25) is 0 Å². The molecule has 16 heavy (non-hydrogen) atoms. The van der Waals surface area contributed by atoms with Crippen LogP contribution < -0.4 is 14.2 Å². The molecule has 0 radical (unpaired) electrons. The molecule has 0 aromatic heterocycles. The van der Waals surface area contributed by atoms with Crippen molar-refractivity contribution in [3.63, 3.8) is 0 Å². The van der Waals surface area contributed by atoms with Gasteiger partial charge in [-0.15, -0.1) is 0 Å². The molecule has 0 unspecified atom stereocenters. The van der Waals surface area contributed by atoms with Crippen LogP contribution in [-0.4, -0.2) is 27.1 Å². The van der Waals surface area contributed by atoms with Crippen LogP contribution in [0.3, 0.4) is 0 Å². The van der Waals surface area contributed by atoms with Crippen LogP contribution in [0, 0.1) is 0 Å². The molecular weight excluding hydrogens is 224 g/mol. The van der Waals surface area contributed by atoms with Gasteiger partial charge in [0.1, 0.15) is 17.2 Å². The van der Waals surface area contributed by atoms with Crippen LogP contribution >= 0.6 is 12.6 Å². The van der Waals surface area contributed by atoms with E-state index in [4.69, 9.17) is 14.2 Å². The highest BCUT2D eigenvalue weighted by Crippen LogP contribution is 2.34. The van der Waals surface area contributed by atoms with Gasteiger partial charge < -0.3 is 14.2 Å². The SMILES string of the molecule is COc1cc(OC)c(CCCS)c(OC)c1. The summed E-state index contributed by atoms with van der Waals surface area (Å²) in [6, 6.07) is 3.74. The smallest absolute Gasteiger partial charge is 0.129 e. The maximum atomic E-state index is 5.34. The largest absolute Gasteiger partial charge is 0.496 e. The van der Waals surface area contributed by atoms with Crippen LogP contribution in [0.2, 0.25) is 0 Å². The van der Waals surface area contributed by atoms with Crippen molar-refractivity contribution in [3.05, 3.63) is 17.7 Å². The third-order valence-corrected chi connectivity index (χ3v) is 2.72. The molecule has 90 valence electrons. The molecule has 0 spiro atoms. The minimum atomic E-state index is 0.739. The van der Waals surface area contributed by atoms with Crippen molar-refractivity contribution >= 4 is 12.6 Å². The quantitative estimate of drug-likeness (QED) is 0.777. The molecule has 4 heteroatoms. The second kappa shape index (κ2) is 6.53. The summed E-state index contributed by atoms with van der Waals surface area (Å²) in [5.41, 5.74) is 1.07. The van der Waals surface area contributed by atoms with E-state index in [2.05, 4.69) is 12.6 Å². The van der Waals surface area contributed by atoms with E-state index in [1.165, 1.54) is 0 Å². The molecule has 3 nitrogen and oxygen atoms in total. The first-order chi connectivity index (χ1) is 7.76. The van der Waals surface area contributed by atoms with E-state index in [1.54, 1.807) is 21.3 Å². The average Bonchev–Trinajstić information content (AvgIpc) is 2.35. The Morgan fingerprint density at radius 3 is 1.94 bits per heavy atom. The third kappa shape index (κ3) is 2.98. The number of hydrogen-bond donors (Lipinski definition) is 1. The van der Waals surface area contributed by atoms with E-state index in [0.717, 1.165) is 41.4 Å². The molecule has 1 aromatic carbocycles. The van der Waals surface area contributed by atoms with Crippen molar-refractivity contribution < 1.29 is 14.2 Å². The Morgan fingerprint density at radius 1 is 1.00 bits per heavy atom. The molecule has 0 atom stereocenters. The van der Waals surface area contributed by atoms with E-state index in [9.17, 15) is 0 Å². The van der Waals surface area contributed by atoms with Crippen molar-refractivity contribution in [2.45, 2.75) is 12.8 Å². The average molecular weight is 242 g/mol. The fourth-order valence-electron chi connectivity index (χ4n) is 1.58. The lowest BCUT2D eigenvalue weighted by atomic mass is 10.1. The van der Waals surface area contributed by atoms with Gasteiger partial charge in [-0.2, -0.15) is 12.6 Å². The first-order valence-electron chi connectivity index (χ1n) is 5.16. The molecule has 0 bridgehead atoms. The fraction of sp³-hybridized carbons (Fsp3) is 0.500. The molecule has 0 amide bonds. The number of benzene rings is 1. The van der Waals surface area contributed by atoms with E-state index < -0.39 is 0 Å². The third-order valence-electron chi connectivity index (χ3n) is 2.40. The summed E-state index contributed by atoms with van der Waals surface area (Å²) in [6.45, 7) is 0. The molecule has 0 aliphatic rings. The van der Waals surface area contributed by atoms with Crippen molar-refractivity contribution in [3.8, 4) is 17.2 Å². The number of rotatable bonds is 6. The normalized spacial score (nSPS) is 10.0. The number of hydrogen-bond acceptors (Lipinski definition) is 4. The van der Waals surface area contributed by atoms with Gasteiger partial charge in [0, 0.05) is 17.7 Å². The van der Waals surface area contributed by atoms with Crippen LogP contribution in [0.15, 0.2) is 12.1 Å². The summed E-state index contributed by atoms with van der Waals surface area (Å²) in [5.74, 6) is 3.19. The summed E-state index contributed by atoms with van der Waals surface area (Å²) in [6.07, 6.45) is 1.88. The lowest BCUT2D eigenvalue weighted by Gasteiger charge is -2.14. The van der Waals surface area contributed by atoms with Crippen molar-refractivity contribution in [2.75, 3.05) is 27.1 Å². The van der Waals surface area contributed by atoms with E-state index in [1.807, 2.05) is 12.1 Å². The second-order valence-corrected chi connectivity index (χ2v) is 3.78.